The van der Waals surface area contributed by atoms with Crippen molar-refractivity contribution in [2.75, 3.05) is 5.73 Å². The molecule has 0 saturated carbocycles. The van der Waals surface area contributed by atoms with Crippen molar-refractivity contribution in [2.24, 2.45) is 0 Å². The van der Waals surface area contributed by atoms with E-state index < -0.39 is 0 Å². The fraction of sp³-hybridized carbons (Fsp3) is 0. The SMILES string of the molecule is Nc1cccc(Cl)c1-c1nnnn1-c1cccc(Cl)c1Br. The molecule has 0 bridgehead atoms. The molecule has 2 aromatic carbocycles. The molecule has 2 N–H and O–H groups in total. The van der Waals surface area contributed by atoms with Crippen LogP contribution in [0.4, 0.5) is 5.69 Å². The van der Waals surface area contributed by atoms with Crippen LogP contribution in [0.15, 0.2) is 40.9 Å². The van der Waals surface area contributed by atoms with E-state index in [1.165, 1.54) is 4.68 Å². The number of halogens is 3. The van der Waals surface area contributed by atoms with Crippen molar-refractivity contribution in [2.45, 2.75) is 0 Å². The van der Waals surface area contributed by atoms with Crippen LogP contribution in [0.1, 0.15) is 0 Å². The number of nitrogen functional groups attached to an aromatic ring is 1. The molecule has 8 heteroatoms. The largest absolute Gasteiger partial charge is 0.398 e. The summed E-state index contributed by atoms with van der Waals surface area (Å²) in [6.45, 7) is 0. The van der Waals surface area contributed by atoms with Gasteiger partial charge in [-0.15, -0.1) is 5.10 Å². The van der Waals surface area contributed by atoms with Crippen LogP contribution >= 0.6 is 39.1 Å². The predicted molar refractivity (Wildman–Crippen MR) is 86.7 cm³/mol. The van der Waals surface area contributed by atoms with Crippen LogP contribution in [0, 0.1) is 0 Å². The maximum absolute atomic E-state index is 6.22. The van der Waals surface area contributed by atoms with Crippen molar-refractivity contribution in [1.82, 2.24) is 20.2 Å². The van der Waals surface area contributed by atoms with Crippen LogP contribution in [0.3, 0.4) is 0 Å². The maximum atomic E-state index is 6.22. The van der Waals surface area contributed by atoms with Gasteiger partial charge >= 0.3 is 0 Å². The van der Waals surface area contributed by atoms with E-state index in [0.29, 0.717) is 37.3 Å². The van der Waals surface area contributed by atoms with E-state index in [1.54, 1.807) is 24.3 Å². The number of aromatic nitrogens is 4. The summed E-state index contributed by atoms with van der Waals surface area (Å²) < 4.78 is 2.22. The second-order valence-corrected chi connectivity index (χ2v) is 5.80. The first-order chi connectivity index (χ1) is 10.1. The van der Waals surface area contributed by atoms with Gasteiger partial charge in [-0.3, -0.25) is 0 Å². The van der Waals surface area contributed by atoms with Gasteiger partial charge in [-0.2, -0.15) is 4.68 Å². The Bertz CT molecular complexity index is 798. The van der Waals surface area contributed by atoms with Crippen LogP contribution in [0.5, 0.6) is 0 Å². The minimum atomic E-state index is 0.445. The van der Waals surface area contributed by atoms with E-state index in [-0.39, 0.29) is 0 Å². The van der Waals surface area contributed by atoms with Crippen molar-refractivity contribution in [3.63, 3.8) is 0 Å². The van der Waals surface area contributed by atoms with Crippen LogP contribution in [-0.4, -0.2) is 20.2 Å². The van der Waals surface area contributed by atoms with Crippen molar-refractivity contribution >= 4 is 44.8 Å². The standard InChI is InChI=1S/C13H8BrCl2N5/c14-12-8(16)4-2-6-10(12)21-13(18-19-20-21)11-7(15)3-1-5-9(11)17/h1-6H,17H2. The summed E-state index contributed by atoms with van der Waals surface area (Å²) in [5.74, 6) is 0.445. The first-order valence-corrected chi connectivity index (χ1v) is 7.41. The molecule has 0 fully saturated rings. The van der Waals surface area contributed by atoms with Crippen molar-refractivity contribution < 1.29 is 0 Å². The molecule has 5 nitrogen and oxygen atoms in total. The zero-order chi connectivity index (χ0) is 15.0. The molecule has 0 unspecified atom stereocenters. The Morgan fingerprint density at radius 3 is 2.52 bits per heavy atom. The van der Waals surface area contributed by atoms with E-state index in [1.807, 2.05) is 12.1 Å². The summed E-state index contributed by atoms with van der Waals surface area (Å²) in [6, 6.07) is 10.7. The summed E-state index contributed by atoms with van der Waals surface area (Å²) >= 11 is 15.8. The lowest BCUT2D eigenvalue weighted by molar-refractivity contribution is 0.789. The molecule has 0 aliphatic heterocycles. The molecule has 0 radical (unpaired) electrons. The molecule has 0 atom stereocenters. The predicted octanol–water partition coefficient (Wildman–Crippen LogP) is 3.98. The Labute approximate surface area is 138 Å². The molecule has 1 heterocycles. The first kappa shape index (κ1) is 14.3. The molecule has 0 amide bonds. The van der Waals surface area contributed by atoms with E-state index in [9.17, 15) is 0 Å². The third kappa shape index (κ3) is 2.50. The average molecular weight is 385 g/mol. The lowest BCUT2D eigenvalue weighted by Crippen LogP contribution is -2.03. The molecule has 106 valence electrons. The van der Waals surface area contributed by atoms with Crippen molar-refractivity contribution in [1.29, 1.82) is 0 Å². The van der Waals surface area contributed by atoms with Gasteiger partial charge in [0.15, 0.2) is 5.82 Å². The summed E-state index contributed by atoms with van der Waals surface area (Å²) in [5.41, 5.74) is 7.77. The van der Waals surface area contributed by atoms with Gasteiger partial charge in [-0.05, 0) is 50.6 Å². The number of nitrogens with two attached hydrogens (primary N) is 1. The lowest BCUT2D eigenvalue weighted by Gasteiger charge is -2.10. The van der Waals surface area contributed by atoms with E-state index in [0.717, 1.165) is 0 Å². The topological polar surface area (TPSA) is 69.6 Å². The minimum absolute atomic E-state index is 0.445. The minimum Gasteiger partial charge on any atom is -0.398 e. The van der Waals surface area contributed by atoms with Gasteiger partial charge in [0.05, 0.1) is 25.8 Å². The zero-order valence-electron chi connectivity index (χ0n) is 10.5. The third-order valence-electron chi connectivity index (χ3n) is 2.90. The quantitative estimate of drug-likeness (QED) is 0.678. The molecular formula is C13H8BrCl2N5. The van der Waals surface area contributed by atoms with Crippen molar-refractivity contribution in [3.05, 3.63) is 50.9 Å². The normalized spacial score (nSPS) is 10.8. The Hall–Kier alpha value is -1.63. The van der Waals surface area contributed by atoms with Crippen LogP contribution in [0.25, 0.3) is 17.1 Å². The lowest BCUT2D eigenvalue weighted by atomic mass is 10.1. The Kier molecular flexibility index (Phi) is 3.84. The third-order valence-corrected chi connectivity index (χ3v) is 4.59. The number of anilines is 1. The molecule has 0 aliphatic rings. The van der Waals surface area contributed by atoms with Gasteiger partial charge in [0.2, 0.25) is 0 Å². The second-order valence-electron chi connectivity index (χ2n) is 4.19. The average Bonchev–Trinajstić information content (AvgIpc) is 2.91. The summed E-state index contributed by atoms with van der Waals surface area (Å²) in [4.78, 5) is 0. The highest BCUT2D eigenvalue weighted by Crippen LogP contribution is 2.35. The first-order valence-electron chi connectivity index (χ1n) is 5.86. The number of hydrogen-bond acceptors (Lipinski definition) is 4. The molecule has 0 saturated heterocycles. The second kappa shape index (κ2) is 5.63. The highest BCUT2D eigenvalue weighted by atomic mass is 79.9. The van der Waals surface area contributed by atoms with Crippen LogP contribution in [-0.2, 0) is 0 Å². The molecule has 3 rings (SSSR count). The van der Waals surface area contributed by atoms with Crippen molar-refractivity contribution in [3.8, 4) is 17.1 Å². The van der Waals surface area contributed by atoms with Gasteiger partial charge in [-0.25, -0.2) is 0 Å². The van der Waals surface area contributed by atoms with E-state index in [4.69, 9.17) is 28.9 Å². The summed E-state index contributed by atoms with van der Waals surface area (Å²) in [7, 11) is 0. The van der Waals surface area contributed by atoms with Gasteiger partial charge in [0.25, 0.3) is 0 Å². The maximum Gasteiger partial charge on any atom is 0.190 e. The van der Waals surface area contributed by atoms with Crippen LogP contribution in [0.2, 0.25) is 10.0 Å². The monoisotopic (exact) mass is 383 g/mol. The molecule has 0 aliphatic carbocycles. The summed E-state index contributed by atoms with van der Waals surface area (Å²) in [5, 5.41) is 12.8. The Morgan fingerprint density at radius 1 is 1.05 bits per heavy atom. The highest BCUT2D eigenvalue weighted by Gasteiger charge is 2.18. The molecule has 0 spiro atoms. The molecule has 3 aromatic rings. The molecular weight excluding hydrogens is 377 g/mol. The van der Waals surface area contributed by atoms with Gasteiger partial charge in [-0.1, -0.05) is 35.3 Å². The number of rotatable bonds is 2. The fourth-order valence-corrected chi connectivity index (χ4v) is 2.81. The highest BCUT2D eigenvalue weighted by molar-refractivity contribution is 9.10. The Morgan fingerprint density at radius 2 is 1.76 bits per heavy atom. The molecule has 1 aromatic heterocycles. The number of hydrogen-bond donors (Lipinski definition) is 1. The molecule has 21 heavy (non-hydrogen) atoms. The van der Waals surface area contributed by atoms with Crippen LogP contribution < -0.4 is 5.73 Å². The van der Waals surface area contributed by atoms with E-state index >= 15 is 0 Å². The smallest absolute Gasteiger partial charge is 0.190 e. The van der Waals surface area contributed by atoms with E-state index in [2.05, 4.69) is 31.5 Å². The summed E-state index contributed by atoms with van der Waals surface area (Å²) in [6.07, 6.45) is 0. The number of tetrazole rings is 1. The zero-order valence-corrected chi connectivity index (χ0v) is 13.6. The van der Waals surface area contributed by atoms with Gasteiger partial charge in [0, 0.05) is 5.69 Å². The van der Waals surface area contributed by atoms with Gasteiger partial charge in [0.1, 0.15) is 0 Å². The van der Waals surface area contributed by atoms with Gasteiger partial charge < -0.3 is 5.73 Å². The Balaban J connectivity index is 2.25. The fourth-order valence-electron chi connectivity index (χ4n) is 1.94. The number of nitrogens with zero attached hydrogens (tertiary/aromatic N) is 4. The number of benzene rings is 2.